The van der Waals surface area contributed by atoms with E-state index in [0.29, 0.717) is 49.4 Å². The molecule has 196 valence electrons. The first kappa shape index (κ1) is 25.1. The third-order valence-corrected chi connectivity index (χ3v) is 6.03. The second kappa shape index (κ2) is 11.7. The van der Waals surface area contributed by atoms with Crippen LogP contribution in [-0.4, -0.2) is 86.2 Å². The van der Waals surface area contributed by atoms with Crippen LogP contribution in [0.4, 0.5) is 22.0 Å². The molecular formula is C25H27FN10O2. The van der Waals surface area contributed by atoms with Crippen LogP contribution in [0.15, 0.2) is 61.6 Å². The molecule has 38 heavy (non-hydrogen) atoms. The van der Waals surface area contributed by atoms with Crippen molar-refractivity contribution in [2.24, 2.45) is 7.05 Å². The van der Waals surface area contributed by atoms with Gasteiger partial charge in [-0.1, -0.05) is 0 Å². The summed E-state index contributed by atoms with van der Waals surface area (Å²) in [4.78, 5) is 38.8. The Labute approximate surface area is 218 Å². The minimum Gasteiger partial charge on any atom is -0.377 e. The number of anilines is 3. The highest BCUT2D eigenvalue weighted by molar-refractivity contribution is 6.04. The van der Waals surface area contributed by atoms with Crippen LogP contribution in [0.5, 0.6) is 0 Å². The number of nitrogens with one attached hydrogen (secondary N) is 1. The molecule has 13 heteroatoms. The molecule has 5 heterocycles. The summed E-state index contributed by atoms with van der Waals surface area (Å²) < 4.78 is 19.8. The summed E-state index contributed by atoms with van der Waals surface area (Å²) in [5.74, 6) is 0.811. The van der Waals surface area contributed by atoms with Crippen LogP contribution in [0, 0.1) is 0 Å². The van der Waals surface area contributed by atoms with E-state index in [1.165, 1.54) is 6.20 Å². The van der Waals surface area contributed by atoms with E-state index >= 15 is 0 Å². The molecule has 1 N–H and O–H groups in total. The number of carbonyl (C=O) groups excluding carboxylic acids is 1. The average molecular weight is 519 g/mol. The zero-order chi connectivity index (χ0) is 26.3. The van der Waals surface area contributed by atoms with Crippen molar-refractivity contribution in [1.29, 1.82) is 0 Å². The molecule has 1 atom stereocenters. The third kappa shape index (κ3) is 5.89. The highest BCUT2D eigenvalue weighted by atomic mass is 19.1. The Morgan fingerprint density at radius 2 is 1.87 bits per heavy atom. The number of nitrogens with zero attached hydrogens (tertiary/aromatic N) is 9. The summed E-state index contributed by atoms with van der Waals surface area (Å²) >= 11 is 0. The Morgan fingerprint density at radius 1 is 1.05 bits per heavy atom. The van der Waals surface area contributed by atoms with Crippen LogP contribution in [0.3, 0.4) is 0 Å². The molecule has 1 saturated heterocycles. The predicted molar refractivity (Wildman–Crippen MR) is 139 cm³/mol. The van der Waals surface area contributed by atoms with Crippen LogP contribution in [0.1, 0.15) is 10.4 Å². The number of hydrogen-bond acceptors (Lipinski definition) is 10. The van der Waals surface area contributed by atoms with E-state index in [2.05, 4.69) is 40.2 Å². The largest absolute Gasteiger partial charge is 0.377 e. The average Bonchev–Trinajstić information content (AvgIpc) is 3.40. The van der Waals surface area contributed by atoms with E-state index in [-0.39, 0.29) is 18.6 Å². The van der Waals surface area contributed by atoms with E-state index in [1.54, 1.807) is 53.9 Å². The van der Waals surface area contributed by atoms with Crippen LogP contribution < -0.4 is 15.1 Å². The van der Waals surface area contributed by atoms with Gasteiger partial charge in [-0.25, -0.2) is 24.3 Å². The van der Waals surface area contributed by atoms with Gasteiger partial charge in [-0.2, -0.15) is 5.10 Å². The van der Waals surface area contributed by atoms with Crippen molar-refractivity contribution in [3.8, 4) is 11.3 Å². The van der Waals surface area contributed by atoms with Gasteiger partial charge in [0, 0.05) is 57.0 Å². The summed E-state index contributed by atoms with van der Waals surface area (Å²) in [6, 6.07) is 5.14. The molecule has 1 aliphatic rings. The van der Waals surface area contributed by atoms with Gasteiger partial charge in [-0.3, -0.25) is 14.5 Å². The lowest BCUT2D eigenvalue weighted by Crippen LogP contribution is -2.56. The standard InChI is InChI=1S/C25H27FN10O2/c1-34-15-19(12-32-34)22-4-3-18(11-29-22)23(37)33-20-13-30-24(31-14-20)35-8-9-36(25-27-6-2-7-28-25)21(16-35)17-38-10-5-26/h2-4,6-7,11-15,21H,5,8-10,16-17H2,1H3,(H,33,37)/t21-/m1/s1. The molecule has 1 aliphatic heterocycles. The molecule has 0 aromatic carbocycles. The molecule has 0 radical (unpaired) electrons. The summed E-state index contributed by atoms with van der Waals surface area (Å²) in [6.07, 6.45) is 11.6. The maximum atomic E-state index is 12.7. The number of amides is 1. The Balaban J connectivity index is 1.21. The first-order valence-corrected chi connectivity index (χ1v) is 12.1. The number of alkyl halides is 1. The van der Waals surface area contributed by atoms with Gasteiger partial charge in [0.25, 0.3) is 5.91 Å². The van der Waals surface area contributed by atoms with E-state index in [9.17, 15) is 9.18 Å². The maximum absolute atomic E-state index is 12.7. The van der Waals surface area contributed by atoms with Gasteiger partial charge in [0.2, 0.25) is 11.9 Å². The van der Waals surface area contributed by atoms with Crippen LogP contribution in [0.25, 0.3) is 11.3 Å². The molecule has 1 amide bonds. The molecule has 1 fully saturated rings. The fourth-order valence-electron chi connectivity index (χ4n) is 4.16. The molecular weight excluding hydrogens is 491 g/mol. The van der Waals surface area contributed by atoms with Gasteiger partial charge in [0.15, 0.2) is 0 Å². The molecule has 0 aliphatic carbocycles. The molecule has 0 unspecified atom stereocenters. The monoisotopic (exact) mass is 518 g/mol. The van der Waals surface area contributed by atoms with Gasteiger partial charge in [0.05, 0.1) is 54.8 Å². The second-order valence-corrected chi connectivity index (χ2v) is 8.67. The molecule has 0 saturated carbocycles. The van der Waals surface area contributed by atoms with Gasteiger partial charge in [-0.05, 0) is 18.2 Å². The summed E-state index contributed by atoms with van der Waals surface area (Å²) in [7, 11) is 1.83. The number of rotatable bonds is 9. The number of hydrogen-bond donors (Lipinski definition) is 1. The highest BCUT2D eigenvalue weighted by Crippen LogP contribution is 2.21. The number of aromatic nitrogens is 7. The molecule has 5 rings (SSSR count). The summed E-state index contributed by atoms with van der Waals surface area (Å²) in [6.45, 7) is 1.62. The summed E-state index contributed by atoms with van der Waals surface area (Å²) in [5, 5.41) is 6.94. The topological polar surface area (TPSA) is 127 Å². The van der Waals surface area contributed by atoms with Crippen molar-refractivity contribution in [2.75, 3.05) is 54.6 Å². The fourth-order valence-corrected chi connectivity index (χ4v) is 4.16. The van der Waals surface area contributed by atoms with Crippen molar-refractivity contribution in [2.45, 2.75) is 6.04 Å². The van der Waals surface area contributed by atoms with Crippen molar-refractivity contribution in [1.82, 2.24) is 34.7 Å². The van der Waals surface area contributed by atoms with E-state index < -0.39 is 6.67 Å². The smallest absolute Gasteiger partial charge is 0.257 e. The van der Waals surface area contributed by atoms with Gasteiger partial charge in [0.1, 0.15) is 6.67 Å². The maximum Gasteiger partial charge on any atom is 0.257 e. The zero-order valence-electron chi connectivity index (χ0n) is 20.8. The number of piperazine rings is 1. The lowest BCUT2D eigenvalue weighted by Gasteiger charge is -2.41. The lowest BCUT2D eigenvalue weighted by molar-refractivity contribution is 0.102. The SMILES string of the molecule is Cn1cc(-c2ccc(C(=O)Nc3cnc(N4CCN(c5ncccn5)[C@@H](COCCF)C4)nc3)cn2)cn1. The minimum atomic E-state index is -0.542. The van der Waals surface area contributed by atoms with Gasteiger partial charge >= 0.3 is 0 Å². The molecule has 4 aromatic rings. The molecule has 4 aromatic heterocycles. The van der Waals surface area contributed by atoms with Crippen LogP contribution >= 0.6 is 0 Å². The van der Waals surface area contributed by atoms with E-state index in [0.717, 1.165) is 11.3 Å². The Kier molecular flexibility index (Phi) is 7.73. The van der Waals surface area contributed by atoms with Crippen molar-refractivity contribution in [3.05, 3.63) is 67.1 Å². The lowest BCUT2D eigenvalue weighted by atomic mass is 10.2. The molecule has 0 spiro atoms. The quantitative estimate of drug-likeness (QED) is 0.329. The zero-order valence-corrected chi connectivity index (χ0v) is 20.8. The Morgan fingerprint density at radius 3 is 2.55 bits per heavy atom. The number of pyridine rings is 1. The normalized spacial score (nSPS) is 15.5. The highest BCUT2D eigenvalue weighted by Gasteiger charge is 2.30. The Hall–Kier alpha value is -4.52. The van der Waals surface area contributed by atoms with Crippen molar-refractivity contribution < 1.29 is 13.9 Å². The molecule has 0 bridgehead atoms. The first-order chi connectivity index (χ1) is 18.6. The third-order valence-electron chi connectivity index (χ3n) is 6.03. The van der Waals surface area contributed by atoms with Crippen LogP contribution in [-0.2, 0) is 11.8 Å². The Bertz CT molecular complexity index is 1330. The fraction of sp³-hybridized carbons (Fsp3) is 0.320. The number of ether oxygens (including phenoxy) is 1. The number of halogens is 1. The minimum absolute atomic E-state index is 0.0343. The number of aryl methyl sites for hydroxylation is 1. The second-order valence-electron chi connectivity index (χ2n) is 8.67. The van der Waals surface area contributed by atoms with Crippen molar-refractivity contribution in [3.63, 3.8) is 0 Å². The number of carbonyl (C=O) groups is 1. The summed E-state index contributed by atoms with van der Waals surface area (Å²) in [5.41, 5.74) is 2.48. The van der Waals surface area contributed by atoms with Crippen LogP contribution in [0.2, 0.25) is 0 Å². The predicted octanol–water partition coefficient (Wildman–Crippen LogP) is 2.00. The first-order valence-electron chi connectivity index (χ1n) is 12.1. The van der Waals surface area contributed by atoms with Gasteiger partial charge in [-0.15, -0.1) is 0 Å². The van der Waals surface area contributed by atoms with Gasteiger partial charge < -0.3 is 19.9 Å². The molecule has 12 nitrogen and oxygen atoms in total. The van der Waals surface area contributed by atoms with E-state index in [4.69, 9.17) is 4.74 Å². The van der Waals surface area contributed by atoms with Crippen molar-refractivity contribution >= 4 is 23.5 Å². The van der Waals surface area contributed by atoms with E-state index in [1.807, 2.05) is 18.1 Å².